The van der Waals surface area contributed by atoms with E-state index in [0.29, 0.717) is 45.0 Å². The van der Waals surface area contributed by atoms with E-state index in [-0.39, 0.29) is 17.9 Å². The van der Waals surface area contributed by atoms with Crippen molar-refractivity contribution in [3.63, 3.8) is 0 Å². The smallest absolute Gasteiger partial charge is 0.262 e. The molecule has 4 rings (SSSR count). The Hall–Kier alpha value is -3.51. The number of nitrogens with one attached hydrogen (secondary N) is 1. The number of carbonyl (C=O) groups excluding carboxylic acids is 1. The number of fused-ring (bicyclic) bond motifs is 2. The summed E-state index contributed by atoms with van der Waals surface area (Å²) in [6, 6.07) is 16.9. The van der Waals surface area contributed by atoms with Gasteiger partial charge in [-0.3, -0.25) is 9.59 Å². The van der Waals surface area contributed by atoms with Gasteiger partial charge in [0.1, 0.15) is 17.1 Å². The molecule has 3 aromatic carbocycles. The third-order valence-corrected chi connectivity index (χ3v) is 4.74. The standard InChI is InChI=1S/C23H18ClNO5/c1-2-28-15-7-9-16(10-8-15)29-13-21(26)25-14-6-11-17-20(12-14)30-23-18(22(17)27)4-3-5-19(23)24/h3-12H,2,13H2,1H3,(H,25,26). The fraction of sp³-hybridized carbons (Fsp3) is 0.130. The van der Waals surface area contributed by atoms with Crippen LogP contribution in [0.15, 0.2) is 69.9 Å². The normalized spacial score (nSPS) is 10.9. The highest BCUT2D eigenvalue weighted by Gasteiger charge is 2.12. The van der Waals surface area contributed by atoms with E-state index in [2.05, 4.69) is 5.32 Å². The largest absolute Gasteiger partial charge is 0.494 e. The van der Waals surface area contributed by atoms with Gasteiger partial charge in [0, 0.05) is 11.8 Å². The van der Waals surface area contributed by atoms with Crippen molar-refractivity contribution in [3.8, 4) is 11.5 Å². The number of anilines is 1. The molecule has 0 aliphatic rings. The van der Waals surface area contributed by atoms with Crippen LogP contribution in [0.4, 0.5) is 5.69 Å². The molecule has 30 heavy (non-hydrogen) atoms. The van der Waals surface area contributed by atoms with Crippen LogP contribution in [0.3, 0.4) is 0 Å². The SMILES string of the molecule is CCOc1ccc(OCC(=O)Nc2ccc3c(=O)c4cccc(Cl)c4oc3c2)cc1. The van der Waals surface area contributed by atoms with E-state index >= 15 is 0 Å². The number of para-hydroxylation sites is 1. The Morgan fingerprint density at radius 3 is 2.47 bits per heavy atom. The van der Waals surface area contributed by atoms with Gasteiger partial charge in [0.15, 0.2) is 12.2 Å². The van der Waals surface area contributed by atoms with E-state index in [9.17, 15) is 9.59 Å². The zero-order chi connectivity index (χ0) is 21.1. The number of halogens is 1. The molecule has 0 atom stereocenters. The molecule has 152 valence electrons. The Kier molecular flexibility index (Phi) is 5.59. The third-order valence-electron chi connectivity index (χ3n) is 4.44. The second-order valence-corrected chi connectivity index (χ2v) is 6.91. The summed E-state index contributed by atoms with van der Waals surface area (Å²) in [4.78, 5) is 24.9. The summed E-state index contributed by atoms with van der Waals surface area (Å²) in [5, 5.41) is 3.91. The number of ether oxygens (including phenoxy) is 2. The van der Waals surface area contributed by atoms with E-state index in [1.54, 1.807) is 60.7 Å². The van der Waals surface area contributed by atoms with Gasteiger partial charge < -0.3 is 19.2 Å². The maximum absolute atomic E-state index is 12.7. The molecule has 0 aliphatic carbocycles. The van der Waals surface area contributed by atoms with Crippen molar-refractivity contribution in [1.29, 1.82) is 0 Å². The first kappa shape index (κ1) is 19.8. The van der Waals surface area contributed by atoms with Crippen LogP contribution < -0.4 is 20.2 Å². The molecule has 7 heteroatoms. The lowest BCUT2D eigenvalue weighted by Crippen LogP contribution is -2.20. The van der Waals surface area contributed by atoms with E-state index in [1.165, 1.54) is 0 Å². The molecule has 1 aromatic heterocycles. The van der Waals surface area contributed by atoms with Gasteiger partial charge in [-0.2, -0.15) is 0 Å². The molecule has 0 fully saturated rings. The van der Waals surface area contributed by atoms with Crippen LogP contribution in [0.1, 0.15) is 6.92 Å². The van der Waals surface area contributed by atoms with Gasteiger partial charge >= 0.3 is 0 Å². The maximum atomic E-state index is 12.7. The molecule has 4 aromatic rings. The summed E-state index contributed by atoms with van der Waals surface area (Å²) >= 11 is 6.15. The number of hydrogen-bond donors (Lipinski definition) is 1. The average Bonchev–Trinajstić information content (AvgIpc) is 2.74. The summed E-state index contributed by atoms with van der Waals surface area (Å²) in [6.07, 6.45) is 0. The Morgan fingerprint density at radius 1 is 1.00 bits per heavy atom. The minimum absolute atomic E-state index is 0.167. The Morgan fingerprint density at radius 2 is 1.73 bits per heavy atom. The average molecular weight is 424 g/mol. The highest BCUT2D eigenvalue weighted by molar-refractivity contribution is 6.34. The molecule has 1 N–H and O–H groups in total. The molecule has 6 nitrogen and oxygen atoms in total. The number of hydrogen-bond acceptors (Lipinski definition) is 5. The van der Waals surface area contributed by atoms with Crippen LogP contribution in [0.2, 0.25) is 5.02 Å². The fourth-order valence-corrected chi connectivity index (χ4v) is 3.28. The Balaban J connectivity index is 1.49. The maximum Gasteiger partial charge on any atom is 0.262 e. The first-order valence-corrected chi connectivity index (χ1v) is 9.73. The third kappa shape index (κ3) is 4.09. The number of amides is 1. The molecule has 0 bridgehead atoms. The highest BCUT2D eigenvalue weighted by Crippen LogP contribution is 2.26. The first-order chi connectivity index (χ1) is 14.5. The van der Waals surface area contributed by atoms with Crippen LogP contribution in [-0.2, 0) is 4.79 Å². The van der Waals surface area contributed by atoms with Crippen LogP contribution in [-0.4, -0.2) is 19.1 Å². The van der Waals surface area contributed by atoms with Gasteiger partial charge in [-0.05, 0) is 55.5 Å². The number of rotatable bonds is 6. The van der Waals surface area contributed by atoms with Crippen molar-refractivity contribution >= 4 is 45.1 Å². The van der Waals surface area contributed by atoms with E-state index < -0.39 is 0 Å². The number of benzene rings is 3. The summed E-state index contributed by atoms with van der Waals surface area (Å²) in [6.45, 7) is 2.32. The van der Waals surface area contributed by atoms with Crippen molar-refractivity contribution in [2.24, 2.45) is 0 Å². The summed E-state index contributed by atoms with van der Waals surface area (Å²) in [5.41, 5.74) is 0.965. The monoisotopic (exact) mass is 423 g/mol. The van der Waals surface area contributed by atoms with E-state index in [0.717, 1.165) is 5.75 Å². The van der Waals surface area contributed by atoms with Crippen molar-refractivity contribution in [1.82, 2.24) is 0 Å². The lowest BCUT2D eigenvalue weighted by molar-refractivity contribution is -0.118. The molecule has 0 aliphatic heterocycles. The van der Waals surface area contributed by atoms with Gasteiger partial charge in [0.2, 0.25) is 5.43 Å². The lowest BCUT2D eigenvalue weighted by Gasteiger charge is -2.09. The molecule has 0 spiro atoms. The minimum Gasteiger partial charge on any atom is -0.494 e. The molecular weight excluding hydrogens is 406 g/mol. The molecule has 1 amide bonds. The molecule has 0 unspecified atom stereocenters. The van der Waals surface area contributed by atoms with E-state index in [4.69, 9.17) is 25.5 Å². The lowest BCUT2D eigenvalue weighted by atomic mass is 10.1. The van der Waals surface area contributed by atoms with Crippen molar-refractivity contribution in [2.75, 3.05) is 18.5 Å². The minimum atomic E-state index is -0.343. The van der Waals surface area contributed by atoms with Gasteiger partial charge in [-0.15, -0.1) is 0 Å². The van der Waals surface area contributed by atoms with Gasteiger partial charge in [-0.1, -0.05) is 17.7 Å². The second kappa shape index (κ2) is 8.47. The topological polar surface area (TPSA) is 77.8 Å². The van der Waals surface area contributed by atoms with Crippen molar-refractivity contribution < 1.29 is 18.7 Å². The van der Waals surface area contributed by atoms with Crippen LogP contribution in [0.25, 0.3) is 21.9 Å². The quantitative estimate of drug-likeness (QED) is 0.441. The Labute approximate surface area is 177 Å². The first-order valence-electron chi connectivity index (χ1n) is 9.36. The summed E-state index contributed by atoms with van der Waals surface area (Å²) < 4.78 is 16.7. The van der Waals surface area contributed by atoms with Crippen molar-refractivity contribution in [2.45, 2.75) is 6.92 Å². The van der Waals surface area contributed by atoms with Crippen LogP contribution >= 0.6 is 11.6 Å². The van der Waals surface area contributed by atoms with Crippen molar-refractivity contribution in [3.05, 3.63) is 75.9 Å². The van der Waals surface area contributed by atoms with Gasteiger partial charge in [-0.25, -0.2) is 0 Å². The molecule has 0 saturated heterocycles. The predicted octanol–water partition coefficient (Wildman–Crippen LogP) is 5.02. The summed E-state index contributed by atoms with van der Waals surface area (Å²) in [5.74, 6) is 0.947. The molecular formula is C23H18ClNO5. The van der Waals surface area contributed by atoms with Gasteiger partial charge in [0.25, 0.3) is 5.91 Å². The Bertz CT molecular complexity index is 1280. The molecule has 0 radical (unpaired) electrons. The fourth-order valence-electron chi connectivity index (χ4n) is 3.06. The zero-order valence-corrected chi connectivity index (χ0v) is 16.9. The van der Waals surface area contributed by atoms with Gasteiger partial charge in [0.05, 0.1) is 22.4 Å². The molecule has 0 saturated carbocycles. The van der Waals surface area contributed by atoms with E-state index in [1.807, 2.05) is 6.92 Å². The van der Waals surface area contributed by atoms with Crippen LogP contribution in [0, 0.1) is 0 Å². The predicted molar refractivity (Wildman–Crippen MR) is 117 cm³/mol. The summed E-state index contributed by atoms with van der Waals surface area (Å²) in [7, 11) is 0. The van der Waals surface area contributed by atoms with Crippen LogP contribution in [0.5, 0.6) is 11.5 Å². The second-order valence-electron chi connectivity index (χ2n) is 6.50. The number of carbonyl (C=O) groups is 1. The zero-order valence-electron chi connectivity index (χ0n) is 16.1. The molecule has 1 heterocycles. The highest BCUT2D eigenvalue weighted by atomic mass is 35.5.